The number of fused-ring (bicyclic) bond motifs is 1. The summed E-state index contributed by atoms with van der Waals surface area (Å²) in [6.07, 6.45) is 1.53. The maximum absolute atomic E-state index is 12.4. The molecule has 0 bridgehead atoms. The molecule has 30 heavy (non-hydrogen) atoms. The van der Waals surface area contributed by atoms with Gasteiger partial charge in [0.25, 0.3) is 5.91 Å². The van der Waals surface area contributed by atoms with E-state index >= 15 is 0 Å². The molecule has 0 heterocycles. The zero-order chi connectivity index (χ0) is 20.8. The topological polar surface area (TPSA) is 70.9 Å². The molecule has 5 heteroatoms. The van der Waals surface area contributed by atoms with Crippen molar-refractivity contribution >= 4 is 22.9 Å². The highest BCUT2D eigenvalue weighted by atomic mass is 16.5. The van der Waals surface area contributed by atoms with Gasteiger partial charge in [-0.1, -0.05) is 66.7 Å². The molecule has 4 aromatic rings. The number of aromatic hydroxyl groups is 1. The standard InChI is InChI=1S/C25H20N2O3/c28-24-15-21-11-5-4-10-20(21)14-23(24)25(29)27-26-16-19-9-6-12-22(13-19)30-17-18-7-2-1-3-8-18/h1-16,28H,17H2,(H,27,29)/b26-16+. The maximum Gasteiger partial charge on any atom is 0.275 e. The van der Waals surface area contributed by atoms with Crippen molar-refractivity contribution < 1.29 is 14.6 Å². The van der Waals surface area contributed by atoms with Gasteiger partial charge in [-0.25, -0.2) is 5.43 Å². The Morgan fingerprint density at radius 1 is 0.900 bits per heavy atom. The van der Waals surface area contributed by atoms with E-state index in [1.54, 1.807) is 12.1 Å². The fourth-order valence-corrected chi connectivity index (χ4v) is 3.06. The first-order valence-corrected chi connectivity index (χ1v) is 9.51. The second kappa shape index (κ2) is 8.92. The fourth-order valence-electron chi connectivity index (χ4n) is 3.06. The molecule has 0 atom stereocenters. The Morgan fingerprint density at radius 3 is 2.43 bits per heavy atom. The number of nitrogens with zero attached hydrogens (tertiary/aromatic N) is 1. The third kappa shape index (κ3) is 4.64. The zero-order valence-corrected chi connectivity index (χ0v) is 16.2. The maximum atomic E-state index is 12.4. The number of carbonyl (C=O) groups is 1. The highest BCUT2D eigenvalue weighted by Gasteiger charge is 2.11. The lowest BCUT2D eigenvalue weighted by Gasteiger charge is -2.07. The van der Waals surface area contributed by atoms with Crippen LogP contribution in [0.4, 0.5) is 0 Å². The van der Waals surface area contributed by atoms with Gasteiger partial charge >= 0.3 is 0 Å². The molecule has 0 saturated heterocycles. The number of amides is 1. The van der Waals surface area contributed by atoms with Gasteiger partial charge < -0.3 is 9.84 Å². The number of benzene rings is 4. The van der Waals surface area contributed by atoms with Gasteiger partial charge in [-0.05, 0) is 46.2 Å². The summed E-state index contributed by atoms with van der Waals surface area (Å²) in [6, 6.07) is 28.1. The van der Waals surface area contributed by atoms with Crippen LogP contribution in [-0.2, 0) is 6.61 Å². The molecule has 0 fully saturated rings. The van der Waals surface area contributed by atoms with Crippen LogP contribution in [0.15, 0.2) is 96.1 Å². The van der Waals surface area contributed by atoms with Crippen molar-refractivity contribution in [1.29, 1.82) is 0 Å². The normalized spacial score (nSPS) is 10.9. The largest absolute Gasteiger partial charge is 0.507 e. The number of hydrazone groups is 1. The number of rotatable bonds is 6. The van der Waals surface area contributed by atoms with Gasteiger partial charge in [0.05, 0.1) is 11.8 Å². The lowest BCUT2D eigenvalue weighted by Crippen LogP contribution is -2.17. The molecule has 0 saturated carbocycles. The van der Waals surface area contributed by atoms with Crippen molar-refractivity contribution in [3.05, 3.63) is 108 Å². The minimum atomic E-state index is -0.481. The van der Waals surface area contributed by atoms with E-state index < -0.39 is 5.91 Å². The number of phenols is 1. The van der Waals surface area contributed by atoms with Crippen LogP contribution in [-0.4, -0.2) is 17.2 Å². The molecule has 4 rings (SSSR count). The smallest absolute Gasteiger partial charge is 0.275 e. The third-order valence-corrected chi connectivity index (χ3v) is 4.59. The molecular weight excluding hydrogens is 376 g/mol. The molecule has 0 aliphatic heterocycles. The van der Waals surface area contributed by atoms with Crippen LogP contribution in [0.1, 0.15) is 21.5 Å². The van der Waals surface area contributed by atoms with Crippen LogP contribution in [0.3, 0.4) is 0 Å². The van der Waals surface area contributed by atoms with Crippen molar-refractivity contribution in [2.75, 3.05) is 0 Å². The van der Waals surface area contributed by atoms with Crippen molar-refractivity contribution in [3.63, 3.8) is 0 Å². The van der Waals surface area contributed by atoms with E-state index in [9.17, 15) is 9.90 Å². The number of hydrogen-bond donors (Lipinski definition) is 2. The molecule has 4 aromatic carbocycles. The molecule has 5 nitrogen and oxygen atoms in total. The molecule has 0 spiro atoms. The second-order valence-electron chi connectivity index (χ2n) is 6.76. The summed E-state index contributed by atoms with van der Waals surface area (Å²) in [5, 5.41) is 15.9. The summed E-state index contributed by atoms with van der Waals surface area (Å²) in [5.74, 6) is 0.144. The average molecular weight is 396 g/mol. The average Bonchev–Trinajstić information content (AvgIpc) is 2.78. The Morgan fingerprint density at radius 2 is 1.63 bits per heavy atom. The van der Waals surface area contributed by atoms with Gasteiger partial charge in [0.15, 0.2) is 0 Å². The number of carbonyl (C=O) groups excluding carboxylic acids is 1. The van der Waals surface area contributed by atoms with E-state index in [1.165, 1.54) is 6.21 Å². The predicted octanol–water partition coefficient (Wildman–Crippen LogP) is 4.89. The second-order valence-corrected chi connectivity index (χ2v) is 6.76. The molecule has 1 amide bonds. The number of phenolic OH excluding ortho intramolecular Hbond substituents is 1. The molecule has 0 aliphatic rings. The molecule has 148 valence electrons. The summed E-state index contributed by atoms with van der Waals surface area (Å²) in [5.41, 5.74) is 4.50. The molecule has 2 N–H and O–H groups in total. The highest BCUT2D eigenvalue weighted by Crippen LogP contribution is 2.24. The van der Waals surface area contributed by atoms with E-state index in [1.807, 2.05) is 78.9 Å². The lowest BCUT2D eigenvalue weighted by atomic mass is 10.1. The van der Waals surface area contributed by atoms with Crippen molar-refractivity contribution in [2.24, 2.45) is 5.10 Å². The van der Waals surface area contributed by atoms with E-state index in [-0.39, 0.29) is 11.3 Å². The first kappa shape index (κ1) is 19.2. The molecular formula is C25H20N2O3. The quantitative estimate of drug-likeness (QED) is 0.360. The van der Waals surface area contributed by atoms with Gasteiger partial charge in [-0.2, -0.15) is 5.10 Å². The Hall–Kier alpha value is -4.12. The first-order chi connectivity index (χ1) is 14.7. The fraction of sp³-hybridized carbons (Fsp3) is 0.0400. The first-order valence-electron chi connectivity index (χ1n) is 9.51. The lowest BCUT2D eigenvalue weighted by molar-refractivity contribution is 0.0952. The third-order valence-electron chi connectivity index (χ3n) is 4.59. The van der Waals surface area contributed by atoms with E-state index in [4.69, 9.17) is 4.74 Å². The Balaban J connectivity index is 1.40. The van der Waals surface area contributed by atoms with Crippen LogP contribution in [0, 0.1) is 0 Å². The zero-order valence-electron chi connectivity index (χ0n) is 16.2. The summed E-state index contributed by atoms with van der Waals surface area (Å²) < 4.78 is 5.80. The van der Waals surface area contributed by atoms with Gasteiger partial charge in [0.2, 0.25) is 0 Å². The number of nitrogens with one attached hydrogen (secondary N) is 1. The van der Waals surface area contributed by atoms with Crippen LogP contribution in [0.25, 0.3) is 10.8 Å². The number of ether oxygens (including phenoxy) is 1. The monoisotopic (exact) mass is 396 g/mol. The highest BCUT2D eigenvalue weighted by molar-refractivity contribution is 6.01. The molecule has 0 aromatic heterocycles. The van der Waals surface area contributed by atoms with Gasteiger partial charge in [0.1, 0.15) is 18.1 Å². The predicted molar refractivity (Wildman–Crippen MR) is 118 cm³/mol. The van der Waals surface area contributed by atoms with Crippen molar-refractivity contribution in [2.45, 2.75) is 6.61 Å². The van der Waals surface area contributed by atoms with Crippen LogP contribution < -0.4 is 10.2 Å². The van der Waals surface area contributed by atoms with Gasteiger partial charge in [-0.15, -0.1) is 0 Å². The minimum absolute atomic E-state index is 0.0855. The Labute approximate surface area is 174 Å². The van der Waals surface area contributed by atoms with E-state index in [0.29, 0.717) is 12.4 Å². The van der Waals surface area contributed by atoms with E-state index in [2.05, 4.69) is 10.5 Å². The van der Waals surface area contributed by atoms with Crippen molar-refractivity contribution in [1.82, 2.24) is 5.43 Å². The van der Waals surface area contributed by atoms with Gasteiger partial charge in [-0.3, -0.25) is 4.79 Å². The number of hydrogen-bond acceptors (Lipinski definition) is 4. The van der Waals surface area contributed by atoms with Crippen molar-refractivity contribution in [3.8, 4) is 11.5 Å². The summed E-state index contributed by atoms with van der Waals surface area (Å²) in [7, 11) is 0. The SMILES string of the molecule is O=C(N/N=C/c1cccc(OCc2ccccc2)c1)c1cc2ccccc2cc1O. The van der Waals surface area contributed by atoms with Crippen LogP contribution in [0.2, 0.25) is 0 Å². The Kier molecular flexibility index (Phi) is 5.71. The molecule has 0 radical (unpaired) electrons. The summed E-state index contributed by atoms with van der Waals surface area (Å²) >= 11 is 0. The molecule has 0 unspecified atom stereocenters. The summed E-state index contributed by atoms with van der Waals surface area (Å²) in [6.45, 7) is 0.472. The minimum Gasteiger partial charge on any atom is -0.507 e. The van der Waals surface area contributed by atoms with Crippen LogP contribution >= 0.6 is 0 Å². The van der Waals surface area contributed by atoms with Gasteiger partial charge in [0, 0.05) is 0 Å². The summed E-state index contributed by atoms with van der Waals surface area (Å²) in [4.78, 5) is 12.4. The molecule has 0 aliphatic carbocycles. The Bertz CT molecular complexity index is 1200. The van der Waals surface area contributed by atoms with Crippen LogP contribution in [0.5, 0.6) is 11.5 Å². The van der Waals surface area contributed by atoms with E-state index in [0.717, 1.165) is 21.9 Å².